The molecule has 1 amide bonds. The summed E-state index contributed by atoms with van der Waals surface area (Å²) in [6, 6.07) is 8.54. The van der Waals surface area contributed by atoms with Crippen molar-refractivity contribution < 1.29 is 4.79 Å². The number of amides is 1. The topological polar surface area (TPSA) is 51.2 Å². The molecule has 0 bridgehead atoms. The van der Waals surface area contributed by atoms with Gasteiger partial charge in [-0.15, -0.1) is 24.0 Å². The Bertz CT molecular complexity index is 570. The quantitative estimate of drug-likeness (QED) is 0.329. The Balaban J connectivity index is 0.00000676. The molecule has 0 aliphatic heterocycles. The van der Waals surface area contributed by atoms with Crippen LogP contribution in [-0.2, 0) is 11.2 Å². The number of nitrogens with one attached hydrogen (secondary N) is 1. The molecule has 6 nitrogen and oxygen atoms in total. The highest BCUT2D eigenvalue weighted by Gasteiger charge is 2.14. The van der Waals surface area contributed by atoms with Crippen molar-refractivity contribution in [2.75, 3.05) is 58.8 Å². The van der Waals surface area contributed by atoms with E-state index in [0.717, 1.165) is 32.0 Å². The van der Waals surface area contributed by atoms with Crippen LogP contribution in [0.5, 0.6) is 0 Å². The van der Waals surface area contributed by atoms with E-state index in [1.165, 1.54) is 11.3 Å². The molecule has 0 aromatic heterocycles. The largest absolute Gasteiger partial charge is 0.378 e. The number of carbonyl (C=O) groups excluding carboxylic acids is 1. The number of aliphatic imine (C=N–C) groups is 1. The Morgan fingerprint density at radius 2 is 1.63 bits per heavy atom. The number of rotatable bonds is 9. The van der Waals surface area contributed by atoms with Crippen LogP contribution in [0.4, 0.5) is 5.69 Å². The SMILES string of the molecule is CCNC(=NCCc1ccc(N(C)C)cc1)N(C)CC(=O)N(CC)CC.I. The van der Waals surface area contributed by atoms with Crippen molar-refractivity contribution in [3.8, 4) is 0 Å². The second kappa shape index (κ2) is 13.6. The summed E-state index contributed by atoms with van der Waals surface area (Å²) >= 11 is 0. The lowest BCUT2D eigenvalue weighted by Crippen LogP contribution is -2.45. The number of hydrogen-bond acceptors (Lipinski definition) is 3. The van der Waals surface area contributed by atoms with Crippen LogP contribution in [0.3, 0.4) is 0 Å². The zero-order valence-corrected chi connectivity index (χ0v) is 20.0. The molecule has 1 aromatic rings. The fraction of sp³-hybridized carbons (Fsp3) is 0.600. The Morgan fingerprint density at radius 1 is 1.04 bits per heavy atom. The lowest BCUT2D eigenvalue weighted by Gasteiger charge is -2.25. The summed E-state index contributed by atoms with van der Waals surface area (Å²) in [6.07, 6.45) is 0.875. The van der Waals surface area contributed by atoms with Gasteiger partial charge in [-0.25, -0.2) is 0 Å². The van der Waals surface area contributed by atoms with Gasteiger partial charge in [-0.05, 0) is 44.9 Å². The van der Waals surface area contributed by atoms with Gasteiger partial charge in [0.2, 0.25) is 5.91 Å². The molecule has 7 heteroatoms. The summed E-state index contributed by atoms with van der Waals surface area (Å²) in [5.74, 6) is 0.903. The molecule has 0 atom stereocenters. The molecule has 0 aliphatic carbocycles. The number of anilines is 1. The number of likely N-dealkylation sites (N-methyl/N-ethyl adjacent to an activating group) is 2. The molecule has 1 aromatic carbocycles. The predicted octanol–water partition coefficient (Wildman–Crippen LogP) is 2.68. The number of nitrogens with zero attached hydrogens (tertiary/aromatic N) is 4. The summed E-state index contributed by atoms with van der Waals surface area (Å²) in [6.45, 7) is 9.32. The first-order valence-corrected chi connectivity index (χ1v) is 9.46. The maximum Gasteiger partial charge on any atom is 0.242 e. The van der Waals surface area contributed by atoms with Crippen LogP contribution in [0, 0.1) is 0 Å². The highest BCUT2D eigenvalue weighted by molar-refractivity contribution is 14.0. The Kier molecular flexibility index (Phi) is 12.9. The van der Waals surface area contributed by atoms with Gasteiger partial charge in [0, 0.05) is 53.0 Å². The molecule has 1 N–H and O–H groups in total. The molecular formula is C20H36IN5O. The van der Waals surface area contributed by atoms with Crippen LogP contribution < -0.4 is 10.2 Å². The average Bonchev–Trinajstić information content (AvgIpc) is 2.62. The summed E-state index contributed by atoms with van der Waals surface area (Å²) < 4.78 is 0. The van der Waals surface area contributed by atoms with E-state index in [1.54, 1.807) is 0 Å². The third kappa shape index (κ3) is 8.81. The lowest BCUT2D eigenvalue weighted by atomic mass is 10.1. The maximum absolute atomic E-state index is 12.3. The van der Waals surface area contributed by atoms with Crippen molar-refractivity contribution in [3.63, 3.8) is 0 Å². The van der Waals surface area contributed by atoms with Crippen molar-refractivity contribution in [3.05, 3.63) is 29.8 Å². The monoisotopic (exact) mass is 489 g/mol. The maximum atomic E-state index is 12.3. The van der Waals surface area contributed by atoms with Gasteiger partial charge in [0.1, 0.15) is 0 Å². The third-order valence-corrected chi connectivity index (χ3v) is 4.30. The van der Waals surface area contributed by atoms with Gasteiger partial charge in [-0.1, -0.05) is 12.1 Å². The van der Waals surface area contributed by atoms with Gasteiger partial charge in [0.15, 0.2) is 5.96 Å². The highest BCUT2D eigenvalue weighted by atomic mass is 127. The third-order valence-electron chi connectivity index (χ3n) is 4.30. The van der Waals surface area contributed by atoms with E-state index >= 15 is 0 Å². The molecular weight excluding hydrogens is 453 g/mol. The summed E-state index contributed by atoms with van der Waals surface area (Å²) in [7, 11) is 5.99. The zero-order valence-electron chi connectivity index (χ0n) is 17.7. The molecule has 0 fully saturated rings. The smallest absolute Gasteiger partial charge is 0.242 e. The van der Waals surface area contributed by atoms with Crippen molar-refractivity contribution >= 4 is 41.5 Å². The summed E-state index contributed by atoms with van der Waals surface area (Å²) in [5.41, 5.74) is 2.46. The Morgan fingerprint density at radius 3 is 2.11 bits per heavy atom. The number of benzene rings is 1. The van der Waals surface area contributed by atoms with Crippen molar-refractivity contribution in [2.45, 2.75) is 27.2 Å². The van der Waals surface area contributed by atoms with Gasteiger partial charge >= 0.3 is 0 Å². The minimum absolute atomic E-state index is 0. The van der Waals surface area contributed by atoms with E-state index in [4.69, 9.17) is 0 Å². The zero-order chi connectivity index (χ0) is 19.5. The van der Waals surface area contributed by atoms with E-state index in [-0.39, 0.29) is 29.9 Å². The van der Waals surface area contributed by atoms with E-state index in [1.807, 2.05) is 51.7 Å². The summed E-state index contributed by atoms with van der Waals surface area (Å²) in [4.78, 5) is 22.8. The first-order valence-electron chi connectivity index (χ1n) is 9.46. The number of guanidine groups is 1. The van der Waals surface area contributed by atoms with Crippen LogP contribution in [0.2, 0.25) is 0 Å². The molecule has 0 saturated carbocycles. The minimum atomic E-state index is 0. The van der Waals surface area contributed by atoms with E-state index in [0.29, 0.717) is 13.1 Å². The molecule has 1 rings (SSSR count). The first kappa shape index (κ1) is 25.5. The van der Waals surface area contributed by atoms with Gasteiger partial charge in [-0.3, -0.25) is 9.79 Å². The van der Waals surface area contributed by atoms with Gasteiger partial charge in [0.05, 0.1) is 6.54 Å². The molecule has 0 spiro atoms. The number of halogens is 1. The molecule has 0 radical (unpaired) electrons. The Labute approximate surface area is 182 Å². The van der Waals surface area contributed by atoms with Crippen LogP contribution in [0.1, 0.15) is 26.3 Å². The van der Waals surface area contributed by atoms with E-state index < -0.39 is 0 Å². The van der Waals surface area contributed by atoms with E-state index in [9.17, 15) is 4.79 Å². The normalized spacial score (nSPS) is 10.8. The molecule has 0 unspecified atom stereocenters. The summed E-state index contributed by atoms with van der Waals surface area (Å²) in [5, 5.41) is 3.27. The predicted molar refractivity (Wildman–Crippen MR) is 126 cm³/mol. The van der Waals surface area contributed by atoms with Gasteiger partial charge < -0.3 is 20.0 Å². The lowest BCUT2D eigenvalue weighted by molar-refractivity contribution is -0.131. The molecule has 0 saturated heterocycles. The standard InChI is InChI=1S/C20H35N5O.HI/c1-7-21-20(24(6)16-19(26)25(8-2)9-3)22-15-14-17-10-12-18(13-11-17)23(4)5;/h10-13H,7-9,14-16H2,1-6H3,(H,21,22);1H. The van der Waals surface area contributed by atoms with Gasteiger partial charge in [-0.2, -0.15) is 0 Å². The Hall–Kier alpha value is -1.51. The molecule has 27 heavy (non-hydrogen) atoms. The highest BCUT2D eigenvalue weighted by Crippen LogP contribution is 2.12. The average molecular weight is 489 g/mol. The molecule has 0 heterocycles. The molecule has 154 valence electrons. The second-order valence-electron chi connectivity index (χ2n) is 6.47. The van der Waals surface area contributed by atoms with Crippen LogP contribution in [-0.4, -0.2) is 75.5 Å². The first-order chi connectivity index (χ1) is 12.4. The fourth-order valence-corrected chi connectivity index (χ4v) is 2.68. The minimum Gasteiger partial charge on any atom is -0.378 e. The van der Waals surface area contributed by atoms with E-state index in [2.05, 4.69) is 39.5 Å². The van der Waals surface area contributed by atoms with Crippen molar-refractivity contribution in [1.29, 1.82) is 0 Å². The van der Waals surface area contributed by atoms with Crippen LogP contribution in [0.25, 0.3) is 0 Å². The van der Waals surface area contributed by atoms with Crippen molar-refractivity contribution in [2.24, 2.45) is 4.99 Å². The number of hydrogen-bond donors (Lipinski definition) is 1. The molecule has 0 aliphatic rings. The second-order valence-corrected chi connectivity index (χ2v) is 6.47. The van der Waals surface area contributed by atoms with Gasteiger partial charge in [0.25, 0.3) is 0 Å². The van der Waals surface area contributed by atoms with Crippen LogP contribution >= 0.6 is 24.0 Å². The number of carbonyl (C=O) groups is 1. The van der Waals surface area contributed by atoms with Crippen LogP contribution in [0.15, 0.2) is 29.3 Å². The fourth-order valence-electron chi connectivity index (χ4n) is 2.68. The van der Waals surface area contributed by atoms with Crippen molar-refractivity contribution in [1.82, 2.24) is 15.1 Å².